The summed E-state index contributed by atoms with van der Waals surface area (Å²) in [6, 6.07) is 5.59. The molecule has 0 N–H and O–H groups in total. The molecule has 1 aromatic carbocycles. The topological polar surface area (TPSA) is 84.0 Å². The molecule has 0 unspecified atom stereocenters. The molecular weight excluding hydrogens is 457 g/mol. The molecule has 2 heterocycles. The summed E-state index contributed by atoms with van der Waals surface area (Å²) in [4.78, 5) is 14.2. The minimum absolute atomic E-state index is 0. The third kappa shape index (κ3) is 4.38. The standard InChI is InChI=1S/C14H13N3O4S5.Na/c1-3-16-11(18)10(24-13(16)22)12-15(2)17(14(23)25-12)8-5-4-6-9(7-8)26(19,20)21;/h4-7H,3H2,1-2H3,(H,19,20,21);/q;+1/p-1/b12-10+;. The fraction of sp³-hybridized carbons (Fsp3) is 0.214. The van der Waals surface area contributed by atoms with E-state index in [2.05, 4.69) is 0 Å². The van der Waals surface area contributed by atoms with Gasteiger partial charge in [0.05, 0.1) is 10.6 Å². The Morgan fingerprint density at radius 2 is 1.85 bits per heavy atom. The number of amides is 1. The maximum Gasteiger partial charge on any atom is 1.00 e. The molecule has 1 aromatic rings. The van der Waals surface area contributed by atoms with E-state index in [0.717, 1.165) is 0 Å². The second-order valence-corrected chi connectivity index (χ2v) is 9.85. The second-order valence-electron chi connectivity index (χ2n) is 5.21. The zero-order chi connectivity index (χ0) is 19.2. The Hall–Kier alpha value is -0.180. The molecule has 2 aliphatic rings. The third-order valence-electron chi connectivity index (χ3n) is 3.66. The minimum Gasteiger partial charge on any atom is -0.744 e. The Bertz CT molecular complexity index is 965. The van der Waals surface area contributed by atoms with E-state index in [1.807, 2.05) is 6.92 Å². The van der Waals surface area contributed by atoms with E-state index in [9.17, 15) is 17.8 Å². The van der Waals surface area contributed by atoms with Crippen LogP contribution in [-0.2, 0) is 14.9 Å². The number of hydrazine groups is 1. The number of thioether (sulfide) groups is 2. The van der Waals surface area contributed by atoms with E-state index in [1.165, 1.54) is 46.6 Å². The van der Waals surface area contributed by atoms with Crippen LogP contribution in [0.1, 0.15) is 6.92 Å². The summed E-state index contributed by atoms with van der Waals surface area (Å²) in [7, 11) is -2.88. The molecule has 0 aliphatic carbocycles. The van der Waals surface area contributed by atoms with Gasteiger partial charge in [-0.15, -0.1) is 0 Å². The van der Waals surface area contributed by atoms with Gasteiger partial charge in [-0.05, 0) is 36.9 Å². The maximum absolute atomic E-state index is 12.6. The van der Waals surface area contributed by atoms with Gasteiger partial charge in [-0.2, -0.15) is 0 Å². The van der Waals surface area contributed by atoms with Gasteiger partial charge in [0.2, 0.25) is 0 Å². The van der Waals surface area contributed by atoms with Gasteiger partial charge in [0.1, 0.15) is 24.4 Å². The number of benzene rings is 1. The van der Waals surface area contributed by atoms with Crippen LogP contribution in [0, 0.1) is 0 Å². The quantitative estimate of drug-likeness (QED) is 0.246. The van der Waals surface area contributed by atoms with Gasteiger partial charge in [-0.1, -0.05) is 42.3 Å². The van der Waals surface area contributed by atoms with E-state index in [0.29, 0.717) is 30.8 Å². The third-order valence-corrected chi connectivity index (χ3v) is 7.49. The Kier molecular flexibility index (Phi) is 7.42. The Labute approximate surface area is 198 Å². The molecule has 0 spiro atoms. The number of thiocarbonyl (C=S) groups is 2. The second kappa shape index (κ2) is 8.67. The summed E-state index contributed by atoms with van der Waals surface area (Å²) < 4.78 is 34.7. The average molecular weight is 470 g/mol. The van der Waals surface area contributed by atoms with Crippen LogP contribution in [0.3, 0.4) is 0 Å². The molecule has 0 atom stereocenters. The molecule has 13 heteroatoms. The number of hydrogen-bond donors (Lipinski definition) is 0. The molecule has 7 nitrogen and oxygen atoms in total. The van der Waals surface area contributed by atoms with Gasteiger partial charge in [-0.3, -0.25) is 14.7 Å². The van der Waals surface area contributed by atoms with Crippen LogP contribution in [0.4, 0.5) is 5.69 Å². The van der Waals surface area contributed by atoms with Crippen molar-refractivity contribution in [1.29, 1.82) is 0 Å². The van der Waals surface area contributed by atoms with Crippen LogP contribution >= 0.6 is 48.0 Å². The van der Waals surface area contributed by atoms with Crippen molar-refractivity contribution in [2.24, 2.45) is 0 Å². The summed E-state index contributed by atoms with van der Waals surface area (Å²) in [5.74, 6) is -0.183. The van der Waals surface area contributed by atoms with Gasteiger partial charge >= 0.3 is 29.6 Å². The van der Waals surface area contributed by atoms with Crippen molar-refractivity contribution in [2.45, 2.75) is 11.8 Å². The Morgan fingerprint density at radius 1 is 1.19 bits per heavy atom. The molecule has 0 saturated carbocycles. The largest absolute Gasteiger partial charge is 1.00 e. The maximum atomic E-state index is 12.6. The first-order valence-corrected chi connectivity index (χ1v) is 11.1. The smallest absolute Gasteiger partial charge is 0.744 e. The van der Waals surface area contributed by atoms with Crippen LogP contribution in [0.15, 0.2) is 39.1 Å². The van der Waals surface area contributed by atoms with E-state index in [-0.39, 0.29) is 40.4 Å². The molecule has 138 valence electrons. The normalized spacial score (nSPS) is 20.6. The first-order chi connectivity index (χ1) is 12.1. The summed E-state index contributed by atoms with van der Waals surface area (Å²) in [6.07, 6.45) is 0. The molecule has 0 bridgehead atoms. The van der Waals surface area contributed by atoms with Crippen molar-refractivity contribution in [3.05, 3.63) is 34.2 Å². The van der Waals surface area contributed by atoms with Crippen molar-refractivity contribution in [3.8, 4) is 0 Å². The van der Waals surface area contributed by atoms with Crippen LogP contribution < -0.4 is 34.6 Å². The van der Waals surface area contributed by atoms with Crippen LogP contribution in [0.5, 0.6) is 0 Å². The molecular formula is C14H12N3NaO4S5. The van der Waals surface area contributed by atoms with Crippen molar-refractivity contribution >= 4 is 78.3 Å². The van der Waals surface area contributed by atoms with Crippen LogP contribution in [-0.4, -0.2) is 51.0 Å². The van der Waals surface area contributed by atoms with E-state index < -0.39 is 10.1 Å². The van der Waals surface area contributed by atoms with Gasteiger partial charge in [0, 0.05) is 13.6 Å². The molecule has 2 fully saturated rings. The van der Waals surface area contributed by atoms with Gasteiger partial charge in [-0.25, -0.2) is 13.4 Å². The fourth-order valence-corrected chi connectivity index (χ4v) is 5.92. The first kappa shape index (κ1) is 23.1. The number of nitrogens with zero attached hydrogens (tertiary/aromatic N) is 3. The molecule has 27 heavy (non-hydrogen) atoms. The monoisotopic (exact) mass is 469 g/mol. The van der Waals surface area contributed by atoms with Crippen molar-refractivity contribution < 1.29 is 47.3 Å². The van der Waals surface area contributed by atoms with E-state index in [4.69, 9.17) is 24.4 Å². The zero-order valence-electron chi connectivity index (χ0n) is 14.5. The SMILES string of the molecule is CCN1C(=O)/C(=C2\SC(=S)N(c3cccc(S(=O)(=O)[O-])c3)N2C)SC1=S.[Na+]. The fourth-order valence-electron chi connectivity index (χ4n) is 2.45. The molecule has 0 radical (unpaired) electrons. The molecule has 1 amide bonds. The summed E-state index contributed by atoms with van der Waals surface area (Å²) in [5.41, 5.74) is 0.419. The van der Waals surface area contributed by atoms with Crippen molar-refractivity contribution in [3.63, 3.8) is 0 Å². The van der Waals surface area contributed by atoms with Gasteiger partial charge in [0.25, 0.3) is 5.91 Å². The van der Waals surface area contributed by atoms with Crippen molar-refractivity contribution in [1.82, 2.24) is 9.91 Å². The molecule has 2 saturated heterocycles. The van der Waals surface area contributed by atoms with E-state index >= 15 is 0 Å². The van der Waals surface area contributed by atoms with Crippen molar-refractivity contribution in [2.75, 3.05) is 18.6 Å². The summed E-state index contributed by atoms with van der Waals surface area (Å²) in [6.45, 7) is 2.32. The van der Waals surface area contributed by atoms with E-state index in [1.54, 1.807) is 23.1 Å². The minimum atomic E-state index is -4.59. The zero-order valence-corrected chi connectivity index (χ0v) is 20.6. The number of hydrogen-bond acceptors (Lipinski definition) is 9. The van der Waals surface area contributed by atoms with Crippen LogP contribution in [0.25, 0.3) is 0 Å². The molecule has 2 aliphatic heterocycles. The Balaban J connectivity index is 0.00000261. The molecule has 3 rings (SSSR count). The number of carbonyl (C=O) groups is 1. The summed E-state index contributed by atoms with van der Waals surface area (Å²) >= 11 is 13.0. The number of rotatable bonds is 3. The van der Waals surface area contributed by atoms with Gasteiger partial charge in [0.15, 0.2) is 4.32 Å². The summed E-state index contributed by atoms with van der Waals surface area (Å²) in [5, 5.41) is 3.84. The number of carbonyl (C=O) groups excluding carboxylic acids is 1. The average Bonchev–Trinajstić information content (AvgIpc) is 3.02. The van der Waals surface area contributed by atoms with Crippen LogP contribution in [0.2, 0.25) is 0 Å². The number of anilines is 1. The molecule has 0 aromatic heterocycles. The first-order valence-electron chi connectivity index (χ1n) is 7.24. The van der Waals surface area contributed by atoms with Gasteiger partial charge < -0.3 is 4.55 Å². The predicted molar refractivity (Wildman–Crippen MR) is 109 cm³/mol. The Morgan fingerprint density at radius 3 is 2.41 bits per heavy atom. The predicted octanol–water partition coefficient (Wildman–Crippen LogP) is -0.671. The number of likely N-dealkylation sites (N-methyl/N-ethyl adjacent to an activating group) is 1.